The number of anilines is 1. The lowest BCUT2D eigenvalue weighted by Crippen LogP contribution is -2.15. The molecule has 0 aliphatic heterocycles. The van der Waals surface area contributed by atoms with Gasteiger partial charge in [0.05, 0.1) is 23.1 Å². The molecule has 1 amide bonds. The molecule has 0 saturated heterocycles. The van der Waals surface area contributed by atoms with Crippen molar-refractivity contribution in [2.24, 2.45) is 0 Å². The van der Waals surface area contributed by atoms with E-state index in [9.17, 15) is 18.0 Å². The standard InChI is InChI=1S/C12H10F3N3O2/c1-6-10(7(2)20-18-6)11(19)17-9-3-8(4-16-5-9)12(13,14)15/h3-5H,1-2H3,(H,17,19). The Morgan fingerprint density at radius 2 is 2.00 bits per heavy atom. The van der Waals surface area contributed by atoms with Gasteiger partial charge in [0.2, 0.25) is 0 Å². The quantitative estimate of drug-likeness (QED) is 0.921. The minimum absolute atomic E-state index is 0.0511. The average molecular weight is 285 g/mol. The van der Waals surface area contributed by atoms with E-state index < -0.39 is 17.6 Å². The van der Waals surface area contributed by atoms with Crippen molar-refractivity contribution in [2.45, 2.75) is 20.0 Å². The zero-order chi connectivity index (χ0) is 14.9. The van der Waals surface area contributed by atoms with Crippen molar-refractivity contribution in [1.29, 1.82) is 0 Å². The van der Waals surface area contributed by atoms with Gasteiger partial charge in [0.15, 0.2) is 0 Å². The Balaban J connectivity index is 2.25. The smallest absolute Gasteiger partial charge is 0.361 e. The van der Waals surface area contributed by atoms with Gasteiger partial charge in [0.25, 0.3) is 5.91 Å². The van der Waals surface area contributed by atoms with Crippen molar-refractivity contribution in [3.05, 3.63) is 41.0 Å². The first kappa shape index (κ1) is 14.0. The number of rotatable bonds is 2. The SMILES string of the molecule is Cc1noc(C)c1C(=O)Nc1cncc(C(F)(F)F)c1. The third kappa shape index (κ3) is 2.79. The number of aromatic nitrogens is 2. The molecule has 0 radical (unpaired) electrons. The summed E-state index contributed by atoms with van der Waals surface area (Å²) in [7, 11) is 0. The van der Waals surface area contributed by atoms with Gasteiger partial charge in [-0.15, -0.1) is 0 Å². The van der Waals surface area contributed by atoms with Gasteiger partial charge in [-0.1, -0.05) is 5.16 Å². The Labute approximate surface area is 111 Å². The zero-order valence-electron chi connectivity index (χ0n) is 10.6. The third-order valence-corrected chi connectivity index (χ3v) is 2.58. The summed E-state index contributed by atoms with van der Waals surface area (Å²) in [4.78, 5) is 15.4. The van der Waals surface area contributed by atoms with Crippen molar-refractivity contribution >= 4 is 11.6 Å². The molecule has 5 nitrogen and oxygen atoms in total. The lowest BCUT2D eigenvalue weighted by Gasteiger charge is -2.09. The number of hydrogen-bond donors (Lipinski definition) is 1. The van der Waals surface area contributed by atoms with Gasteiger partial charge in [-0.05, 0) is 19.9 Å². The Morgan fingerprint density at radius 1 is 1.30 bits per heavy atom. The Bertz CT molecular complexity index is 630. The Kier molecular flexibility index (Phi) is 3.47. The van der Waals surface area contributed by atoms with E-state index in [1.807, 2.05) is 0 Å². The predicted octanol–water partition coefficient (Wildman–Crippen LogP) is 2.96. The summed E-state index contributed by atoms with van der Waals surface area (Å²) in [5.74, 6) is -0.303. The number of hydrogen-bond acceptors (Lipinski definition) is 4. The van der Waals surface area contributed by atoms with Crippen LogP contribution in [0, 0.1) is 13.8 Å². The number of alkyl halides is 3. The van der Waals surface area contributed by atoms with Gasteiger partial charge >= 0.3 is 6.18 Å². The molecule has 0 aromatic carbocycles. The molecule has 0 unspecified atom stereocenters. The van der Waals surface area contributed by atoms with Crippen LogP contribution in [0.4, 0.5) is 18.9 Å². The van der Waals surface area contributed by atoms with Crippen molar-refractivity contribution in [3.8, 4) is 0 Å². The maximum Gasteiger partial charge on any atom is 0.417 e. The molecular weight excluding hydrogens is 275 g/mol. The number of nitrogens with one attached hydrogen (secondary N) is 1. The van der Waals surface area contributed by atoms with Gasteiger partial charge in [0.1, 0.15) is 11.3 Å². The molecule has 2 rings (SSSR count). The number of nitrogens with zero attached hydrogens (tertiary/aromatic N) is 2. The van der Waals surface area contributed by atoms with E-state index in [1.54, 1.807) is 13.8 Å². The fourth-order valence-corrected chi connectivity index (χ4v) is 1.66. The average Bonchev–Trinajstić information content (AvgIpc) is 2.68. The number of carbonyl (C=O) groups excluding carboxylic acids is 1. The molecule has 0 spiro atoms. The topological polar surface area (TPSA) is 68.0 Å². The van der Waals surface area contributed by atoms with Crippen LogP contribution < -0.4 is 5.32 Å². The number of halogens is 3. The minimum atomic E-state index is -4.52. The van der Waals surface area contributed by atoms with Gasteiger partial charge in [-0.25, -0.2) is 0 Å². The summed E-state index contributed by atoms with van der Waals surface area (Å²) >= 11 is 0. The van der Waals surface area contributed by atoms with Crippen LogP contribution in [0.5, 0.6) is 0 Å². The van der Waals surface area contributed by atoms with Crippen LogP contribution in [-0.2, 0) is 6.18 Å². The summed E-state index contributed by atoms with van der Waals surface area (Å²) in [5.41, 5.74) is -0.429. The minimum Gasteiger partial charge on any atom is -0.361 e. The molecule has 0 bridgehead atoms. The number of amides is 1. The molecule has 2 aromatic rings. The maximum absolute atomic E-state index is 12.5. The highest BCUT2D eigenvalue weighted by molar-refractivity contribution is 6.05. The van der Waals surface area contributed by atoms with E-state index in [1.165, 1.54) is 0 Å². The zero-order valence-corrected chi connectivity index (χ0v) is 10.6. The van der Waals surface area contributed by atoms with Crippen molar-refractivity contribution in [3.63, 3.8) is 0 Å². The van der Waals surface area contributed by atoms with Crippen LogP contribution in [0.1, 0.15) is 27.4 Å². The van der Waals surface area contributed by atoms with Crippen LogP contribution in [-0.4, -0.2) is 16.0 Å². The largest absolute Gasteiger partial charge is 0.417 e. The van der Waals surface area contributed by atoms with Crippen LogP contribution in [0.2, 0.25) is 0 Å². The number of carbonyl (C=O) groups is 1. The molecule has 2 heterocycles. The van der Waals surface area contributed by atoms with E-state index in [4.69, 9.17) is 4.52 Å². The van der Waals surface area contributed by atoms with Crippen LogP contribution in [0.3, 0.4) is 0 Å². The molecule has 20 heavy (non-hydrogen) atoms. The summed E-state index contributed by atoms with van der Waals surface area (Å²) in [6.07, 6.45) is -2.70. The molecule has 0 aliphatic carbocycles. The molecule has 2 aromatic heterocycles. The normalized spacial score (nSPS) is 11.4. The second-order valence-corrected chi connectivity index (χ2v) is 4.11. The third-order valence-electron chi connectivity index (χ3n) is 2.58. The lowest BCUT2D eigenvalue weighted by atomic mass is 10.2. The van der Waals surface area contributed by atoms with Gasteiger partial charge in [-0.3, -0.25) is 9.78 Å². The Morgan fingerprint density at radius 3 is 2.55 bits per heavy atom. The van der Waals surface area contributed by atoms with Gasteiger partial charge in [0, 0.05) is 6.20 Å². The first-order chi connectivity index (χ1) is 9.29. The van der Waals surface area contributed by atoms with E-state index in [0.29, 0.717) is 17.7 Å². The van der Waals surface area contributed by atoms with E-state index in [0.717, 1.165) is 12.3 Å². The van der Waals surface area contributed by atoms with Crippen molar-refractivity contribution < 1.29 is 22.5 Å². The number of aryl methyl sites for hydroxylation is 2. The van der Waals surface area contributed by atoms with Crippen LogP contribution >= 0.6 is 0 Å². The molecule has 0 fully saturated rings. The molecule has 1 N–H and O–H groups in total. The fraction of sp³-hybridized carbons (Fsp3) is 0.250. The van der Waals surface area contributed by atoms with E-state index in [2.05, 4.69) is 15.5 Å². The van der Waals surface area contributed by atoms with Crippen molar-refractivity contribution in [2.75, 3.05) is 5.32 Å². The fourth-order valence-electron chi connectivity index (χ4n) is 1.66. The second-order valence-electron chi connectivity index (χ2n) is 4.11. The first-order valence-electron chi connectivity index (χ1n) is 5.55. The van der Waals surface area contributed by atoms with Gasteiger partial charge in [-0.2, -0.15) is 13.2 Å². The summed E-state index contributed by atoms with van der Waals surface area (Å²) in [6.45, 7) is 3.11. The summed E-state index contributed by atoms with van der Waals surface area (Å²) in [6, 6.07) is 0.809. The first-order valence-corrected chi connectivity index (χ1v) is 5.55. The Hall–Kier alpha value is -2.38. The highest BCUT2D eigenvalue weighted by Gasteiger charge is 2.31. The van der Waals surface area contributed by atoms with E-state index >= 15 is 0 Å². The molecule has 0 atom stereocenters. The molecule has 0 aliphatic rings. The van der Waals surface area contributed by atoms with Gasteiger partial charge < -0.3 is 9.84 Å². The van der Waals surface area contributed by atoms with E-state index in [-0.39, 0.29) is 11.3 Å². The second kappa shape index (κ2) is 4.95. The maximum atomic E-state index is 12.5. The van der Waals surface area contributed by atoms with Crippen LogP contribution in [0.15, 0.2) is 23.0 Å². The van der Waals surface area contributed by atoms with Crippen LogP contribution in [0.25, 0.3) is 0 Å². The summed E-state index contributed by atoms with van der Waals surface area (Å²) < 4.78 is 42.4. The highest BCUT2D eigenvalue weighted by atomic mass is 19.4. The molecule has 8 heteroatoms. The number of pyridine rings is 1. The van der Waals surface area contributed by atoms with Crippen molar-refractivity contribution in [1.82, 2.24) is 10.1 Å². The molecule has 0 saturated carbocycles. The monoisotopic (exact) mass is 285 g/mol. The lowest BCUT2D eigenvalue weighted by molar-refractivity contribution is -0.137. The molecule has 106 valence electrons. The molecular formula is C12H10F3N3O2. The predicted molar refractivity (Wildman–Crippen MR) is 63.2 cm³/mol. The summed E-state index contributed by atoms with van der Waals surface area (Å²) in [5, 5.41) is 5.94. The highest BCUT2D eigenvalue weighted by Crippen LogP contribution is 2.30.